The SMILES string of the molecule is O=C(N[C@@H](CC1CCCCC1)C(=O)O)C(CC#Cc1ccc(F)cc1F)NCP(=O)(O)O. The van der Waals surface area contributed by atoms with Gasteiger partial charge in [-0.3, -0.25) is 14.7 Å². The predicted molar refractivity (Wildman–Crippen MR) is 112 cm³/mol. The molecule has 1 aliphatic rings. The molecule has 1 saturated carbocycles. The number of carboxylic acids is 1. The van der Waals surface area contributed by atoms with Gasteiger partial charge in [-0.15, -0.1) is 0 Å². The summed E-state index contributed by atoms with van der Waals surface area (Å²) in [5.41, 5.74) is -0.110. The van der Waals surface area contributed by atoms with Crippen LogP contribution in [0.1, 0.15) is 50.5 Å². The lowest BCUT2D eigenvalue weighted by atomic mass is 9.85. The molecule has 0 aromatic heterocycles. The molecule has 8 nitrogen and oxygen atoms in total. The van der Waals surface area contributed by atoms with Crippen molar-refractivity contribution in [3.8, 4) is 11.8 Å². The van der Waals surface area contributed by atoms with Crippen LogP contribution >= 0.6 is 7.60 Å². The number of aliphatic carboxylic acids is 1. The van der Waals surface area contributed by atoms with Gasteiger partial charge in [0, 0.05) is 12.5 Å². The minimum absolute atomic E-state index is 0.110. The molecule has 32 heavy (non-hydrogen) atoms. The third-order valence-corrected chi connectivity index (χ3v) is 5.82. The van der Waals surface area contributed by atoms with Gasteiger partial charge in [0.1, 0.15) is 17.7 Å². The molecule has 0 radical (unpaired) electrons. The van der Waals surface area contributed by atoms with E-state index in [1.165, 1.54) is 0 Å². The Labute approximate surface area is 184 Å². The predicted octanol–water partition coefficient (Wildman–Crippen LogP) is 2.34. The van der Waals surface area contributed by atoms with E-state index in [1.54, 1.807) is 0 Å². The summed E-state index contributed by atoms with van der Waals surface area (Å²) in [5, 5.41) is 14.3. The number of rotatable bonds is 9. The highest BCUT2D eigenvalue weighted by Crippen LogP contribution is 2.32. The van der Waals surface area contributed by atoms with Crippen LogP contribution in [0.5, 0.6) is 0 Å². The summed E-state index contributed by atoms with van der Waals surface area (Å²) < 4.78 is 37.9. The summed E-state index contributed by atoms with van der Waals surface area (Å²) in [6.45, 7) is 0. The van der Waals surface area contributed by atoms with Gasteiger partial charge in [-0.2, -0.15) is 0 Å². The molecule has 1 aromatic rings. The average Bonchev–Trinajstić information content (AvgIpc) is 2.71. The third-order valence-electron chi connectivity index (χ3n) is 5.23. The zero-order valence-corrected chi connectivity index (χ0v) is 18.3. The summed E-state index contributed by atoms with van der Waals surface area (Å²) >= 11 is 0. The Bertz CT molecular complexity index is 921. The molecule has 0 spiro atoms. The Morgan fingerprint density at radius 3 is 2.44 bits per heavy atom. The van der Waals surface area contributed by atoms with Gasteiger partial charge in [0.25, 0.3) is 0 Å². The minimum Gasteiger partial charge on any atom is -0.480 e. The Kier molecular flexibility index (Phi) is 9.79. The van der Waals surface area contributed by atoms with Gasteiger partial charge in [0.2, 0.25) is 5.91 Å². The van der Waals surface area contributed by atoms with E-state index < -0.39 is 49.5 Å². The first-order valence-corrected chi connectivity index (χ1v) is 12.1. The highest BCUT2D eigenvalue weighted by atomic mass is 31.2. The Hall–Kier alpha value is -2.31. The van der Waals surface area contributed by atoms with Crippen LogP contribution in [0.2, 0.25) is 0 Å². The Morgan fingerprint density at radius 1 is 1.16 bits per heavy atom. The molecule has 176 valence electrons. The monoisotopic (exact) mass is 472 g/mol. The van der Waals surface area contributed by atoms with Crippen molar-refractivity contribution < 1.29 is 37.8 Å². The number of carbonyl (C=O) groups excluding carboxylic acids is 1. The zero-order chi connectivity index (χ0) is 23.7. The molecule has 1 unspecified atom stereocenters. The van der Waals surface area contributed by atoms with Crippen LogP contribution < -0.4 is 10.6 Å². The fraction of sp³-hybridized carbons (Fsp3) is 0.524. The van der Waals surface area contributed by atoms with E-state index in [1.807, 2.05) is 0 Å². The van der Waals surface area contributed by atoms with Crippen LogP contribution in [0.3, 0.4) is 0 Å². The van der Waals surface area contributed by atoms with Gasteiger partial charge < -0.3 is 20.2 Å². The van der Waals surface area contributed by atoms with E-state index in [2.05, 4.69) is 22.5 Å². The minimum atomic E-state index is -4.50. The van der Waals surface area contributed by atoms with Crippen molar-refractivity contribution in [1.29, 1.82) is 0 Å². The van der Waals surface area contributed by atoms with Crippen LogP contribution in [0.15, 0.2) is 18.2 Å². The van der Waals surface area contributed by atoms with Crippen molar-refractivity contribution >= 4 is 19.5 Å². The van der Waals surface area contributed by atoms with Crippen LogP contribution in [0.25, 0.3) is 0 Å². The number of amides is 1. The van der Waals surface area contributed by atoms with Crippen LogP contribution in [0.4, 0.5) is 8.78 Å². The van der Waals surface area contributed by atoms with E-state index in [9.17, 15) is 28.0 Å². The van der Waals surface area contributed by atoms with Gasteiger partial charge in [0.05, 0.1) is 17.9 Å². The van der Waals surface area contributed by atoms with E-state index in [-0.39, 0.29) is 24.3 Å². The second kappa shape index (κ2) is 12.1. The molecule has 1 fully saturated rings. The fourth-order valence-corrected chi connectivity index (χ4v) is 4.03. The molecular weight excluding hydrogens is 445 g/mol. The molecule has 0 bridgehead atoms. The molecule has 1 aliphatic carbocycles. The maximum Gasteiger partial charge on any atom is 0.339 e. The van der Waals surface area contributed by atoms with Crippen molar-refractivity contribution in [1.82, 2.24) is 10.6 Å². The zero-order valence-electron chi connectivity index (χ0n) is 17.4. The number of hydrogen-bond acceptors (Lipinski definition) is 4. The van der Waals surface area contributed by atoms with Crippen molar-refractivity contribution in [2.75, 3.05) is 6.29 Å². The van der Waals surface area contributed by atoms with E-state index in [4.69, 9.17) is 9.79 Å². The summed E-state index contributed by atoms with van der Waals surface area (Å²) in [4.78, 5) is 42.5. The summed E-state index contributed by atoms with van der Waals surface area (Å²) in [7, 11) is -4.50. The molecule has 5 N–H and O–H groups in total. The largest absolute Gasteiger partial charge is 0.480 e. The Balaban J connectivity index is 2.09. The summed E-state index contributed by atoms with van der Waals surface area (Å²) in [6.07, 6.45) is 4.04. The van der Waals surface area contributed by atoms with Gasteiger partial charge in [-0.25, -0.2) is 13.6 Å². The van der Waals surface area contributed by atoms with E-state index in [0.29, 0.717) is 6.07 Å². The third kappa shape index (κ3) is 9.05. The van der Waals surface area contributed by atoms with E-state index in [0.717, 1.165) is 44.2 Å². The maximum absolute atomic E-state index is 13.7. The molecule has 0 heterocycles. The molecule has 1 amide bonds. The Morgan fingerprint density at radius 2 is 1.84 bits per heavy atom. The first kappa shape index (κ1) is 25.9. The van der Waals surface area contributed by atoms with Crippen molar-refractivity contribution in [3.05, 3.63) is 35.4 Å². The summed E-state index contributed by atoms with van der Waals surface area (Å²) in [6, 6.07) is 0.412. The average molecular weight is 472 g/mol. The molecule has 0 saturated heterocycles. The van der Waals surface area contributed by atoms with Crippen LogP contribution in [-0.4, -0.2) is 45.1 Å². The van der Waals surface area contributed by atoms with E-state index >= 15 is 0 Å². The van der Waals surface area contributed by atoms with Crippen LogP contribution in [-0.2, 0) is 14.2 Å². The first-order chi connectivity index (χ1) is 15.0. The summed E-state index contributed by atoms with van der Waals surface area (Å²) in [5.74, 6) is 1.50. The maximum atomic E-state index is 13.7. The van der Waals surface area contributed by atoms with Crippen molar-refractivity contribution in [3.63, 3.8) is 0 Å². The second-order valence-corrected chi connectivity index (χ2v) is 9.49. The van der Waals surface area contributed by atoms with Crippen molar-refractivity contribution in [2.45, 2.75) is 57.0 Å². The molecule has 0 aliphatic heterocycles. The first-order valence-electron chi connectivity index (χ1n) is 10.3. The number of halogens is 2. The quantitative estimate of drug-likeness (QED) is 0.275. The lowest BCUT2D eigenvalue weighted by Gasteiger charge is -2.26. The van der Waals surface area contributed by atoms with Crippen molar-refractivity contribution in [2.24, 2.45) is 5.92 Å². The fourth-order valence-electron chi connectivity index (χ4n) is 3.58. The molecule has 2 rings (SSSR count). The number of nitrogens with one attached hydrogen (secondary N) is 2. The number of hydrogen-bond donors (Lipinski definition) is 5. The van der Waals surface area contributed by atoms with Gasteiger partial charge in [-0.05, 0) is 24.5 Å². The number of carbonyl (C=O) groups is 2. The van der Waals surface area contributed by atoms with Gasteiger partial charge in [0.15, 0.2) is 0 Å². The normalized spacial score (nSPS) is 16.5. The smallest absolute Gasteiger partial charge is 0.339 e. The molecular formula is C21H27F2N2O6P. The van der Waals surface area contributed by atoms with Gasteiger partial charge in [-0.1, -0.05) is 43.9 Å². The molecule has 2 atom stereocenters. The molecule has 11 heteroatoms. The lowest BCUT2D eigenvalue weighted by molar-refractivity contribution is -0.142. The highest BCUT2D eigenvalue weighted by molar-refractivity contribution is 7.51. The topological polar surface area (TPSA) is 136 Å². The highest BCUT2D eigenvalue weighted by Gasteiger charge is 2.29. The van der Waals surface area contributed by atoms with Crippen LogP contribution in [0, 0.1) is 29.4 Å². The second-order valence-electron chi connectivity index (χ2n) is 7.85. The molecule has 1 aromatic carbocycles. The number of carboxylic acid groups (broad SMARTS) is 1. The van der Waals surface area contributed by atoms with Gasteiger partial charge >= 0.3 is 13.6 Å². The number of benzene rings is 1. The standard InChI is InChI=1S/C21H27F2N2O6P/c22-16-10-9-15(17(23)12-16)7-4-8-18(24-13-32(29,30)31)20(26)25-19(21(27)28)11-14-5-2-1-3-6-14/h9-10,12,14,18-19,24H,1-3,5-6,8,11,13H2,(H,25,26)(H,27,28)(H2,29,30,31)/t18?,19-/m0/s1. The lowest BCUT2D eigenvalue weighted by Crippen LogP contribution is -2.50.